The highest BCUT2D eigenvalue weighted by Crippen LogP contribution is 1.84. The minimum atomic E-state index is 1.14. The van der Waals surface area contributed by atoms with Crippen LogP contribution in [-0.2, 0) is 0 Å². The standard InChI is InChI=1S/C5H5N.C4H7N/c1-2-4-6-5-3-1;1-2-4-5-3-1/h1-5H;1,3,5H,2,4H2. The first-order valence-corrected chi connectivity index (χ1v) is 3.73. The molecule has 1 aromatic rings. The fourth-order valence-electron chi connectivity index (χ4n) is 0.729. The van der Waals surface area contributed by atoms with Gasteiger partial charge in [-0.05, 0) is 24.8 Å². The molecule has 1 aliphatic rings. The van der Waals surface area contributed by atoms with Gasteiger partial charge in [-0.1, -0.05) is 12.1 Å². The Labute approximate surface area is 67.0 Å². The van der Waals surface area contributed by atoms with Gasteiger partial charge < -0.3 is 5.32 Å². The Balaban J connectivity index is 0.000000112. The molecule has 0 saturated heterocycles. The van der Waals surface area contributed by atoms with Gasteiger partial charge in [0.15, 0.2) is 0 Å². The number of hydrogen-bond donors (Lipinski definition) is 1. The molecule has 0 atom stereocenters. The highest BCUT2D eigenvalue weighted by molar-refractivity contribution is 4.88. The van der Waals surface area contributed by atoms with Crippen molar-refractivity contribution in [2.24, 2.45) is 0 Å². The van der Waals surface area contributed by atoms with Crippen LogP contribution in [0.25, 0.3) is 0 Å². The first kappa shape index (κ1) is 7.79. The van der Waals surface area contributed by atoms with Crippen molar-refractivity contribution in [1.82, 2.24) is 10.3 Å². The highest BCUT2D eigenvalue weighted by atomic mass is 14.8. The maximum absolute atomic E-state index is 3.78. The Morgan fingerprint density at radius 3 is 2.09 bits per heavy atom. The molecule has 0 aromatic carbocycles. The van der Waals surface area contributed by atoms with Crippen molar-refractivity contribution < 1.29 is 0 Å². The molecule has 2 heterocycles. The van der Waals surface area contributed by atoms with Crippen molar-refractivity contribution in [3.8, 4) is 0 Å². The van der Waals surface area contributed by atoms with Gasteiger partial charge >= 0.3 is 0 Å². The summed E-state index contributed by atoms with van der Waals surface area (Å²) < 4.78 is 0. The summed E-state index contributed by atoms with van der Waals surface area (Å²) in [5.74, 6) is 0. The predicted octanol–water partition coefficient (Wildman–Crippen LogP) is 1.57. The second-order valence-electron chi connectivity index (χ2n) is 2.17. The van der Waals surface area contributed by atoms with Crippen LogP contribution in [0.3, 0.4) is 0 Å². The number of hydrogen-bond acceptors (Lipinski definition) is 2. The molecule has 11 heavy (non-hydrogen) atoms. The molecule has 0 radical (unpaired) electrons. The molecule has 1 aromatic heterocycles. The fraction of sp³-hybridized carbons (Fsp3) is 0.222. The third-order valence-electron chi connectivity index (χ3n) is 1.26. The lowest BCUT2D eigenvalue weighted by molar-refractivity contribution is 0.917. The van der Waals surface area contributed by atoms with Crippen molar-refractivity contribution in [1.29, 1.82) is 0 Å². The van der Waals surface area contributed by atoms with Gasteiger partial charge in [-0.15, -0.1) is 0 Å². The monoisotopic (exact) mass is 148 g/mol. The Kier molecular flexibility index (Phi) is 3.88. The number of pyridine rings is 1. The lowest BCUT2D eigenvalue weighted by Crippen LogP contribution is -1.96. The van der Waals surface area contributed by atoms with Crippen molar-refractivity contribution in [3.63, 3.8) is 0 Å². The van der Waals surface area contributed by atoms with Crippen molar-refractivity contribution >= 4 is 0 Å². The maximum Gasteiger partial charge on any atom is 0.0267 e. The molecular formula is C9H12N2. The topological polar surface area (TPSA) is 24.9 Å². The lowest BCUT2D eigenvalue weighted by Gasteiger charge is -1.78. The Morgan fingerprint density at radius 1 is 1.09 bits per heavy atom. The van der Waals surface area contributed by atoms with Crippen LogP contribution in [0.2, 0.25) is 0 Å². The molecule has 1 aliphatic heterocycles. The first-order chi connectivity index (χ1) is 5.50. The van der Waals surface area contributed by atoms with Gasteiger partial charge in [0.2, 0.25) is 0 Å². The Bertz CT molecular complexity index is 161. The third kappa shape index (κ3) is 4.14. The highest BCUT2D eigenvalue weighted by Gasteiger charge is 1.81. The van der Waals surface area contributed by atoms with E-state index in [1.165, 1.54) is 6.42 Å². The van der Waals surface area contributed by atoms with Crippen molar-refractivity contribution in [3.05, 3.63) is 42.9 Å². The van der Waals surface area contributed by atoms with E-state index < -0.39 is 0 Å². The van der Waals surface area contributed by atoms with Gasteiger partial charge in [0.05, 0.1) is 0 Å². The van der Waals surface area contributed by atoms with E-state index in [2.05, 4.69) is 16.4 Å². The van der Waals surface area contributed by atoms with E-state index in [0.717, 1.165) is 6.54 Å². The van der Waals surface area contributed by atoms with E-state index in [1.807, 2.05) is 24.4 Å². The molecule has 0 bridgehead atoms. The summed E-state index contributed by atoms with van der Waals surface area (Å²) in [6.07, 6.45) is 8.82. The van der Waals surface area contributed by atoms with Crippen LogP contribution in [0.4, 0.5) is 0 Å². The van der Waals surface area contributed by atoms with E-state index in [4.69, 9.17) is 0 Å². The SMILES string of the molecule is C1=CNCC1.c1ccncc1. The number of nitrogens with one attached hydrogen (secondary N) is 1. The number of aromatic nitrogens is 1. The Hall–Kier alpha value is -1.31. The molecule has 2 rings (SSSR count). The van der Waals surface area contributed by atoms with E-state index in [-0.39, 0.29) is 0 Å². The van der Waals surface area contributed by atoms with E-state index in [9.17, 15) is 0 Å². The van der Waals surface area contributed by atoms with Crippen LogP contribution < -0.4 is 5.32 Å². The molecule has 0 spiro atoms. The van der Waals surface area contributed by atoms with Crippen LogP contribution in [-0.4, -0.2) is 11.5 Å². The number of nitrogens with zero attached hydrogens (tertiary/aromatic N) is 1. The molecule has 2 heteroatoms. The van der Waals surface area contributed by atoms with Crippen LogP contribution in [0, 0.1) is 0 Å². The van der Waals surface area contributed by atoms with Crippen LogP contribution in [0.5, 0.6) is 0 Å². The summed E-state index contributed by atoms with van der Waals surface area (Å²) in [4.78, 5) is 3.78. The van der Waals surface area contributed by atoms with Gasteiger partial charge in [0.1, 0.15) is 0 Å². The van der Waals surface area contributed by atoms with Crippen molar-refractivity contribution in [2.45, 2.75) is 6.42 Å². The zero-order valence-corrected chi connectivity index (χ0v) is 6.40. The minimum absolute atomic E-state index is 1.14. The average molecular weight is 148 g/mol. The zero-order valence-electron chi connectivity index (χ0n) is 6.40. The molecule has 0 unspecified atom stereocenters. The van der Waals surface area contributed by atoms with Gasteiger partial charge in [-0.25, -0.2) is 0 Å². The van der Waals surface area contributed by atoms with Crippen molar-refractivity contribution in [2.75, 3.05) is 6.54 Å². The van der Waals surface area contributed by atoms with Crippen LogP contribution in [0.1, 0.15) is 6.42 Å². The summed E-state index contributed by atoms with van der Waals surface area (Å²) in [5.41, 5.74) is 0. The second kappa shape index (κ2) is 5.47. The molecule has 0 amide bonds. The largest absolute Gasteiger partial charge is 0.391 e. The van der Waals surface area contributed by atoms with Crippen LogP contribution >= 0.6 is 0 Å². The predicted molar refractivity (Wildman–Crippen MR) is 46.0 cm³/mol. The quantitative estimate of drug-likeness (QED) is 0.604. The van der Waals surface area contributed by atoms with E-state index in [0.29, 0.717) is 0 Å². The summed E-state index contributed by atoms with van der Waals surface area (Å²) in [7, 11) is 0. The molecular weight excluding hydrogens is 136 g/mol. The summed E-state index contributed by atoms with van der Waals surface area (Å²) in [6, 6.07) is 5.72. The summed E-state index contributed by atoms with van der Waals surface area (Å²) in [5, 5.41) is 3.04. The van der Waals surface area contributed by atoms with Gasteiger partial charge in [-0.2, -0.15) is 0 Å². The average Bonchev–Trinajstić information content (AvgIpc) is 2.64. The fourth-order valence-corrected chi connectivity index (χ4v) is 0.729. The number of rotatable bonds is 0. The summed E-state index contributed by atoms with van der Waals surface area (Å²) in [6.45, 7) is 1.14. The maximum atomic E-state index is 3.78. The summed E-state index contributed by atoms with van der Waals surface area (Å²) >= 11 is 0. The normalized spacial score (nSPS) is 13.1. The molecule has 0 aliphatic carbocycles. The lowest BCUT2D eigenvalue weighted by atomic mass is 10.5. The minimum Gasteiger partial charge on any atom is -0.391 e. The van der Waals surface area contributed by atoms with E-state index in [1.54, 1.807) is 12.4 Å². The molecule has 2 nitrogen and oxygen atoms in total. The molecule has 58 valence electrons. The van der Waals surface area contributed by atoms with E-state index >= 15 is 0 Å². The van der Waals surface area contributed by atoms with Gasteiger partial charge in [0, 0.05) is 18.9 Å². The smallest absolute Gasteiger partial charge is 0.0267 e. The van der Waals surface area contributed by atoms with Gasteiger partial charge in [-0.3, -0.25) is 4.98 Å². The third-order valence-corrected chi connectivity index (χ3v) is 1.26. The zero-order chi connectivity index (χ0) is 7.78. The van der Waals surface area contributed by atoms with Gasteiger partial charge in [0.25, 0.3) is 0 Å². The molecule has 1 N–H and O–H groups in total. The second-order valence-corrected chi connectivity index (χ2v) is 2.17. The molecule has 0 fully saturated rings. The first-order valence-electron chi connectivity index (χ1n) is 3.73. The Morgan fingerprint density at radius 2 is 1.91 bits per heavy atom. The van der Waals surface area contributed by atoms with Crippen LogP contribution in [0.15, 0.2) is 42.9 Å². The molecule has 0 saturated carbocycles.